The fraction of sp³-hybridized carbons (Fsp3) is 0.200. The van der Waals surface area contributed by atoms with Crippen molar-refractivity contribution in [3.63, 3.8) is 0 Å². The highest BCUT2D eigenvalue weighted by Gasteiger charge is 2.09. The number of carbonyl (C=O) groups excluding carboxylic acids is 2. The third-order valence-corrected chi connectivity index (χ3v) is 2.55. The summed E-state index contributed by atoms with van der Waals surface area (Å²) in [5, 5.41) is 3.02. The first-order valence-electron chi connectivity index (χ1n) is 6.16. The first-order valence-corrected chi connectivity index (χ1v) is 6.54. The average Bonchev–Trinajstić information content (AvgIpc) is 2.46. The molecule has 0 heterocycles. The highest BCUT2D eigenvalue weighted by atomic mass is 35.5. The molecule has 0 saturated carbocycles. The molecule has 0 radical (unpaired) electrons. The SMILES string of the molecule is C/C=C/C=C/C(=O)OCC(=O)Nc1cc(Cl)ccc1OC. The van der Waals surface area contributed by atoms with Crippen molar-refractivity contribution in [2.24, 2.45) is 0 Å². The van der Waals surface area contributed by atoms with Crippen molar-refractivity contribution < 1.29 is 19.1 Å². The molecule has 1 aromatic rings. The number of hydrogen-bond acceptors (Lipinski definition) is 4. The van der Waals surface area contributed by atoms with E-state index in [1.807, 2.05) is 6.92 Å². The van der Waals surface area contributed by atoms with Crippen molar-refractivity contribution in [1.29, 1.82) is 0 Å². The van der Waals surface area contributed by atoms with Gasteiger partial charge in [-0.3, -0.25) is 4.79 Å². The van der Waals surface area contributed by atoms with Gasteiger partial charge < -0.3 is 14.8 Å². The second-order valence-corrected chi connectivity index (χ2v) is 4.32. The number of esters is 1. The van der Waals surface area contributed by atoms with Crippen molar-refractivity contribution in [3.8, 4) is 5.75 Å². The van der Waals surface area contributed by atoms with Gasteiger partial charge in [-0.1, -0.05) is 29.8 Å². The Morgan fingerprint density at radius 1 is 1.33 bits per heavy atom. The average molecular weight is 310 g/mol. The standard InChI is InChI=1S/C15H16ClNO4/c1-3-4-5-6-15(19)21-10-14(18)17-12-9-11(16)7-8-13(12)20-2/h3-9H,10H2,1-2H3,(H,17,18)/b4-3+,6-5+. The Labute approximate surface area is 128 Å². The van der Waals surface area contributed by atoms with Crippen LogP contribution in [0.3, 0.4) is 0 Å². The summed E-state index contributed by atoms with van der Waals surface area (Å²) < 4.78 is 9.87. The lowest BCUT2D eigenvalue weighted by Crippen LogP contribution is -2.20. The number of carbonyl (C=O) groups is 2. The summed E-state index contributed by atoms with van der Waals surface area (Å²) in [6, 6.07) is 4.82. The van der Waals surface area contributed by atoms with Gasteiger partial charge in [0.2, 0.25) is 0 Å². The van der Waals surface area contributed by atoms with Crippen LogP contribution in [0.5, 0.6) is 5.75 Å². The Balaban J connectivity index is 2.54. The van der Waals surface area contributed by atoms with Crippen LogP contribution in [0.25, 0.3) is 0 Å². The summed E-state index contributed by atoms with van der Waals surface area (Å²) in [4.78, 5) is 23.0. The quantitative estimate of drug-likeness (QED) is 0.498. The lowest BCUT2D eigenvalue weighted by molar-refractivity contribution is -0.142. The lowest BCUT2D eigenvalue weighted by atomic mass is 10.3. The van der Waals surface area contributed by atoms with Gasteiger partial charge in [0, 0.05) is 11.1 Å². The van der Waals surface area contributed by atoms with E-state index in [0.29, 0.717) is 16.5 Å². The summed E-state index contributed by atoms with van der Waals surface area (Å²) >= 11 is 5.85. The highest BCUT2D eigenvalue weighted by Crippen LogP contribution is 2.27. The summed E-state index contributed by atoms with van der Waals surface area (Å²) in [6.07, 6.45) is 6.20. The maximum Gasteiger partial charge on any atom is 0.331 e. The van der Waals surface area contributed by atoms with E-state index in [2.05, 4.69) is 5.32 Å². The first-order chi connectivity index (χ1) is 10.1. The van der Waals surface area contributed by atoms with E-state index in [1.165, 1.54) is 19.3 Å². The zero-order valence-electron chi connectivity index (χ0n) is 11.8. The van der Waals surface area contributed by atoms with Gasteiger partial charge in [0.05, 0.1) is 12.8 Å². The molecule has 5 nitrogen and oxygen atoms in total. The summed E-state index contributed by atoms with van der Waals surface area (Å²) in [5.74, 6) is -0.614. The number of ether oxygens (including phenoxy) is 2. The molecule has 1 aromatic carbocycles. The molecule has 0 aliphatic carbocycles. The van der Waals surface area contributed by atoms with Crippen LogP contribution in [0.15, 0.2) is 42.5 Å². The Bertz CT molecular complexity index is 567. The van der Waals surface area contributed by atoms with E-state index in [1.54, 1.807) is 30.4 Å². The molecule has 0 aromatic heterocycles. The van der Waals surface area contributed by atoms with Crippen LogP contribution in [-0.4, -0.2) is 25.6 Å². The summed E-state index contributed by atoms with van der Waals surface area (Å²) in [5.41, 5.74) is 0.413. The Morgan fingerprint density at radius 3 is 2.76 bits per heavy atom. The van der Waals surface area contributed by atoms with Gasteiger partial charge in [-0.2, -0.15) is 0 Å². The number of anilines is 1. The second kappa shape index (κ2) is 8.81. The maximum atomic E-state index is 11.7. The van der Waals surface area contributed by atoms with Crippen LogP contribution < -0.4 is 10.1 Å². The smallest absolute Gasteiger partial charge is 0.331 e. The van der Waals surface area contributed by atoms with Crippen molar-refractivity contribution >= 4 is 29.2 Å². The summed E-state index contributed by atoms with van der Waals surface area (Å²) in [6.45, 7) is 1.43. The predicted molar refractivity (Wildman–Crippen MR) is 81.5 cm³/mol. The lowest BCUT2D eigenvalue weighted by Gasteiger charge is -2.10. The number of amides is 1. The molecular weight excluding hydrogens is 294 g/mol. The molecule has 21 heavy (non-hydrogen) atoms. The van der Waals surface area contributed by atoms with Gasteiger partial charge in [0.15, 0.2) is 6.61 Å². The molecule has 1 N–H and O–H groups in total. The molecule has 0 bridgehead atoms. The highest BCUT2D eigenvalue weighted by molar-refractivity contribution is 6.31. The third-order valence-electron chi connectivity index (χ3n) is 2.32. The molecule has 1 amide bonds. The van der Waals surface area contributed by atoms with Crippen LogP contribution in [0.4, 0.5) is 5.69 Å². The Hall–Kier alpha value is -2.27. The fourth-order valence-electron chi connectivity index (χ4n) is 1.39. The van der Waals surface area contributed by atoms with Crippen LogP contribution >= 0.6 is 11.6 Å². The van der Waals surface area contributed by atoms with Crippen molar-refractivity contribution in [2.75, 3.05) is 19.0 Å². The van der Waals surface area contributed by atoms with E-state index in [-0.39, 0.29) is 0 Å². The van der Waals surface area contributed by atoms with E-state index in [9.17, 15) is 9.59 Å². The van der Waals surface area contributed by atoms with Gasteiger partial charge in [-0.15, -0.1) is 0 Å². The van der Waals surface area contributed by atoms with Gasteiger partial charge in [0.25, 0.3) is 5.91 Å². The van der Waals surface area contributed by atoms with E-state index in [0.717, 1.165) is 0 Å². The zero-order chi connectivity index (χ0) is 15.7. The molecule has 0 saturated heterocycles. The van der Waals surface area contributed by atoms with Gasteiger partial charge in [-0.05, 0) is 25.1 Å². The molecule has 0 fully saturated rings. The normalized spacial score (nSPS) is 10.8. The van der Waals surface area contributed by atoms with Crippen LogP contribution in [-0.2, 0) is 14.3 Å². The number of rotatable bonds is 6. The largest absolute Gasteiger partial charge is 0.495 e. The van der Waals surface area contributed by atoms with Gasteiger partial charge in [-0.25, -0.2) is 4.79 Å². The topological polar surface area (TPSA) is 64.6 Å². The number of nitrogens with one attached hydrogen (secondary N) is 1. The minimum Gasteiger partial charge on any atom is -0.495 e. The van der Waals surface area contributed by atoms with E-state index < -0.39 is 18.5 Å². The van der Waals surface area contributed by atoms with Crippen LogP contribution in [0, 0.1) is 0 Å². The Kier molecular flexibility index (Phi) is 7.04. The van der Waals surface area contributed by atoms with Crippen LogP contribution in [0.2, 0.25) is 5.02 Å². The van der Waals surface area contributed by atoms with Gasteiger partial charge >= 0.3 is 5.97 Å². The number of benzene rings is 1. The number of allylic oxidation sites excluding steroid dienone is 3. The molecule has 0 aliphatic heterocycles. The Morgan fingerprint density at radius 2 is 2.10 bits per heavy atom. The number of halogens is 1. The molecule has 1 rings (SSSR count). The molecule has 0 atom stereocenters. The second-order valence-electron chi connectivity index (χ2n) is 3.89. The molecule has 0 unspecified atom stereocenters. The van der Waals surface area contributed by atoms with E-state index in [4.69, 9.17) is 21.1 Å². The van der Waals surface area contributed by atoms with Gasteiger partial charge in [0.1, 0.15) is 5.75 Å². The zero-order valence-corrected chi connectivity index (χ0v) is 12.5. The van der Waals surface area contributed by atoms with Crippen LogP contribution in [0.1, 0.15) is 6.92 Å². The first kappa shape index (κ1) is 16.8. The number of methoxy groups -OCH3 is 1. The minimum absolute atomic E-state index is 0.394. The minimum atomic E-state index is -0.596. The number of hydrogen-bond donors (Lipinski definition) is 1. The maximum absolute atomic E-state index is 11.7. The third kappa shape index (κ3) is 6.14. The van der Waals surface area contributed by atoms with Crippen molar-refractivity contribution in [1.82, 2.24) is 0 Å². The van der Waals surface area contributed by atoms with E-state index >= 15 is 0 Å². The predicted octanol–water partition coefficient (Wildman–Crippen LogP) is 2.96. The monoisotopic (exact) mass is 309 g/mol. The summed E-state index contributed by atoms with van der Waals surface area (Å²) in [7, 11) is 1.48. The molecule has 0 aliphatic rings. The molecular formula is C15H16ClNO4. The molecule has 0 spiro atoms. The fourth-order valence-corrected chi connectivity index (χ4v) is 1.57. The molecule has 112 valence electrons. The van der Waals surface area contributed by atoms with Crippen molar-refractivity contribution in [3.05, 3.63) is 47.5 Å². The molecule has 6 heteroatoms. The van der Waals surface area contributed by atoms with Crippen molar-refractivity contribution in [2.45, 2.75) is 6.92 Å².